The van der Waals surface area contributed by atoms with Gasteiger partial charge in [0.05, 0.1) is 0 Å². The highest BCUT2D eigenvalue weighted by molar-refractivity contribution is 6.30. The average Bonchev–Trinajstić information content (AvgIpc) is 2.46. The van der Waals surface area contributed by atoms with Crippen LogP contribution in [-0.4, -0.2) is 25.5 Å². The third-order valence-corrected chi connectivity index (χ3v) is 4.19. The first-order chi connectivity index (χ1) is 10.1. The summed E-state index contributed by atoms with van der Waals surface area (Å²) in [5, 5.41) is 0.773. The third kappa shape index (κ3) is 3.07. The lowest BCUT2D eigenvalue weighted by Gasteiger charge is -2.28. The second-order valence-electron chi connectivity index (χ2n) is 5.82. The van der Waals surface area contributed by atoms with Gasteiger partial charge < -0.3 is 9.64 Å². The minimum absolute atomic E-state index is 0.364. The molecule has 3 rings (SSSR count). The average molecular weight is 302 g/mol. The molecule has 0 aliphatic carbocycles. The topological polar surface area (TPSA) is 12.5 Å². The second kappa shape index (κ2) is 6.08. The predicted molar refractivity (Wildman–Crippen MR) is 87.6 cm³/mol. The predicted octanol–water partition coefficient (Wildman–Crippen LogP) is 4.92. The Morgan fingerprint density at radius 3 is 2.62 bits per heavy atom. The zero-order chi connectivity index (χ0) is 14.8. The molecule has 110 valence electrons. The van der Waals surface area contributed by atoms with Crippen molar-refractivity contribution < 1.29 is 4.74 Å². The van der Waals surface area contributed by atoms with Gasteiger partial charge in [-0.1, -0.05) is 29.8 Å². The van der Waals surface area contributed by atoms with E-state index in [0.717, 1.165) is 35.9 Å². The van der Waals surface area contributed by atoms with Crippen LogP contribution in [0.25, 0.3) is 0 Å². The van der Waals surface area contributed by atoms with Crippen LogP contribution in [0.4, 0.5) is 0 Å². The minimum Gasteiger partial charge on any atom is -0.457 e. The molecule has 0 radical (unpaired) electrons. The Hall–Kier alpha value is -1.51. The van der Waals surface area contributed by atoms with Crippen LogP contribution in [0.5, 0.6) is 11.5 Å². The van der Waals surface area contributed by atoms with Gasteiger partial charge in [0.1, 0.15) is 11.5 Å². The molecule has 0 bridgehead atoms. The van der Waals surface area contributed by atoms with E-state index in [1.165, 1.54) is 11.1 Å². The van der Waals surface area contributed by atoms with Gasteiger partial charge in [0.25, 0.3) is 0 Å². The Morgan fingerprint density at radius 1 is 1.05 bits per heavy atom. The highest BCUT2D eigenvalue weighted by Gasteiger charge is 2.26. The highest BCUT2D eigenvalue weighted by atomic mass is 35.5. The number of rotatable bonds is 4. The molecule has 1 heterocycles. The van der Waals surface area contributed by atoms with E-state index >= 15 is 0 Å². The highest BCUT2D eigenvalue weighted by Crippen LogP contribution is 2.46. The summed E-state index contributed by atoms with van der Waals surface area (Å²) in [5.41, 5.74) is 2.48. The van der Waals surface area contributed by atoms with Crippen LogP contribution in [0.3, 0.4) is 0 Å². The van der Waals surface area contributed by atoms with E-state index in [4.69, 9.17) is 16.3 Å². The van der Waals surface area contributed by atoms with Gasteiger partial charge in [0.2, 0.25) is 0 Å². The molecular weight excluding hydrogens is 282 g/mol. The summed E-state index contributed by atoms with van der Waals surface area (Å²) in [7, 11) is 4.23. The lowest BCUT2D eigenvalue weighted by Crippen LogP contribution is -2.16. The summed E-state index contributed by atoms with van der Waals surface area (Å²) in [5.74, 6) is 2.28. The van der Waals surface area contributed by atoms with Gasteiger partial charge in [-0.25, -0.2) is 0 Å². The molecule has 2 nitrogen and oxygen atoms in total. The Labute approximate surface area is 131 Å². The van der Waals surface area contributed by atoms with Gasteiger partial charge in [-0.2, -0.15) is 0 Å². The number of para-hydroxylation sites is 1. The standard InChI is InChI=1S/C18H20ClNO/c1-20(2)11-5-7-14-15-6-3-4-8-17(15)21-18-10-9-13(19)12-16(14)18/h3-4,6,8-10,12,14H,5,7,11H2,1-2H3/t14-/m0/s1. The van der Waals surface area contributed by atoms with Crippen molar-refractivity contribution in [1.29, 1.82) is 0 Å². The van der Waals surface area contributed by atoms with Crippen LogP contribution in [0.1, 0.15) is 29.9 Å². The largest absolute Gasteiger partial charge is 0.457 e. The van der Waals surface area contributed by atoms with Crippen LogP contribution >= 0.6 is 11.6 Å². The molecular formula is C18H20ClNO. The number of ether oxygens (including phenoxy) is 1. The smallest absolute Gasteiger partial charge is 0.131 e. The van der Waals surface area contributed by atoms with Gasteiger partial charge in [-0.15, -0.1) is 0 Å². The fraction of sp³-hybridized carbons (Fsp3) is 0.333. The van der Waals surface area contributed by atoms with Crippen molar-refractivity contribution in [2.45, 2.75) is 18.8 Å². The zero-order valence-electron chi connectivity index (χ0n) is 12.5. The first kappa shape index (κ1) is 14.4. The molecule has 3 heteroatoms. The molecule has 21 heavy (non-hydrogen) atoms. The van der Waals surface area contributed by atoms with E-state index in [-0.39, 0.29) is 0 Å². The normalized spacial score (nSPS) is 16.3. The van der Waals surface area contributed by atoms with Crippen LogP contribution in [0, 0.1) is 0 Å². The van der Waals surface area contributed by atoms with Crippen molar-refractivity contribution in [3.05, 3.63) is 58.6 Å². The summed E-state index contributed by atoms with van der Waals surface area (Å²) in [6, 6.07) is 14.2. The molecule has 0 spiro atoms. The molecule has 1 aliphatic rings. The lowest BCUT2D eigenvalue weighted by atomic mass is 9.84. The van der Waals surface area contributed by atoms with E-state index in [9.17, 15) is 0 Å². The Bertz CT molecular complexity index is 639. The van der Waals surface area contributed by atoms with Crippen LogP contribution in [0.15, 0.2) is 42.5 Å². The van der Waals surface area contributed by atoms with E-state index in [2.05, 4.69) is 31.1 Å². The summed E-state index contributed by atoms with van der Waals surface area (Å²) < 4.78 is 6.02. The van der Waals surface area contributed by atoms with Crippen molar-refractivity contribution in [2.24, 2.45) is 0 Å². The van der Waals surface area contributed by atoms with Gasteiger partial charge in [-0.05, 0) is 57.7 Å². The Kier molecular flexibility index (Phi) is 4.18. The molecule has 0 amide bonds. The van der Waals surface area contributed by atoms with Crippen molar-refractivity contribution in [3.8, 4) is 11.5 Å². The Balaban J connectivity index is 1.94. The van der Waals surface area contributed by atoms with E-state index in [1.54, 1.807) is 0 Å². The number of halogens is 1. The minimum atomic E-state index is 0.364. The van der Waals surface area contributed by atoms with Gasteiger partial charge in [-0.3, -0.25) is 0 Å². The van der Waals surface area contributed by atoms with Crippen molar-refractivity contribution >= 4 is 11.6 Å². The maximum Gasteiger partial charge on any atom is 0.131 e. The number of benzene rings is 2. The van der Waals surface area contributed by atoms with E-state index in [0.29, 0.717) is 5.92 Å². The van der Waals surface area contributed by atoms with Crippen molar-refractivity contribution in [2.75, 3.05) is 20.6 Å². The maximum atomic E-state index is 6.19. The molecule has 0 aromatic heterocycles. The van der Waals surface area contributed by atoms with Crippen molar-refractivity contribution in [1.82, 2.24) is 4.90 Å². The molecule has 2 aromatic carbocycles. The van der Waals surface area contributed by atoms with E-state index < -0.39 is 0 Å². The van der Waals surface area contributed by atoms with Gasteiger partial charge in [0.15, 0.2) is 0 Å². The fourth-order valence-electron chi connectivity index (χ4n) is 2.95. The summed E-state index contributed by atoms with van der Waals surface area (Å²) in [6.07, 6.45) is 2.25. The molecule has 1 aliphatic heterocycles. The molecule has 2 aromatic rings. The number of nitrogens with zero attached hydrogens (tertiary/aromatic N) is 1. The molecule has 0 fully saturated rings. The number of hydrogen-bond donors (Lipinski definition) is 0. The third-order valence-electron chi connectivity index (χ3n) is 3.96. The van der Waals surface area contributed by atoms with E-state index in [1.807, 2.05) is 30.3 Å². The van der Waals surface area contributed by atoms with Crippen LogP contribution < -0.4 is 4.74 Å². The Morgan fingerprint density at radius 2 is 1.81 bits per heavy atom. The number of fused-ring (bicyclic) bond motifs is 2. The quantitative estimate of drug-likeness (QED) is 0.795. The van der Waals surface area contributed by atoms with Crippen molar-refractivity contribution in [3.63, 3.8) is 0 Å². The number of hydrogen-bond acceptors (Lipinski definition) is 2. The first-order valence-corrected chi connectivity index (χ1v) is 7.74. The molecule has 1 atom stereocenters. The molecule has 0 unspecified atom stereocenters. The summed E-state index contributed by atoms with van der Waals surface area (Å²) in [6.45, 7) is 1.09. The summed E-state index contributed by atoms with van der Waals surface area (Å²) >= 11 is 6.19. The zero-order valence-corrected chi connectivity index (χ0v) is 13.2. The molecule has 0 saturated carbocycles. The van der Waals surface area contributed by atoms with Gasteiger partial charge in [0, 0.05) is 22.1 Å². The molecule has 0 N–H and O–H groups in total. The monoisotopic (exact) mass is 301 g/mol. The van der Waals surface area contributed by atoms with Crippen LogP contribution in [-0.2, 0) is 0 Å². The van der Waals surface area contributed by atoms with Crippen LogP contribution in [0.2, 0.25) is 5.02 Å². The SMILES string of the molecule is CN(C)CCC[C@H]1c2ccccc2Oc2ccc(Cl)cc21. The fourth-order valence-corrected chi connectivity index (χ4v) is 3.14. The molecule has 0 saturated heterocycles. The maximum absolute atomic E-state index is 6.19. The summed E-state index contributed by atoms with van der Waals surface area (Å²) in [4.78, 5) is 2.23. The van der Waals surface area contributed by atoms with Gasteiger partial charge >= 0.3 is 0 Å². The second-order valence-corrected chi connectivity index (χ2v) is 6.26. The first-order valence-electron chi connectivity index (χ1n) is 7.36. The lowest BCUT2D eigenvalue weighted by molar-refractivity contribution is 0.382.